The van der Waals surface area contributed by atoms with E-state index in [-0.39, 0.29) is 5.57 Å². The lowest BCUT2D eigenvalue weighted by molar-refractivity contribution is -0.130. The smallest absolute Gasteiger partial charge is 0.336 e. The summed E-state index contributed by atoms with van der Waals surface area (Å²) >= 11 is 0. The molecule has 2 aromatic rings. The third-order valence-electron chi connectivity index (χ3n) is 2.75. The standard InChI is InChI=1S/C15H14N2O2/c16-12-7-5-10(6-8-12)13(15(18)19)9-11-3-1-2-4-14(11)17/h1-9H,16-17H2,(H,18,19)/b13-9+. The van der Waals surface area contributed by atoms with Crippen LogP contribution in [0.1, 0.15) is 11.1 Å². The van der Waals surface area contributed by atoms with Gasteiger partial charge in [-0.15, -0.1) is 0 Å². The fourth-order valence-electron chi connectivity index (χ4n) is 1.73. The summed E-state index contributed by atoms with van der Waals surface area (Å²) in [6.45, 7) is 0. The van der Waals surface area contributed by atoms with E-state index >= 15 is 0 Å². The molecule has 0 saturated heterocycles. The van der Waals surface area contributed by atoms with Crippen LogP contribution in [0.5, 0.6) is 0 Å². The Kier molecular flexibility index (Phi) is 3.52. The van der Waals surface area contributed by atoms with Gasteiger partial charge in [0.1, 0.15) is 0 Å². The van der Waals surface area contributed by atoms with Crippen molar-refractivity contribution >= 4 is 29.0 Å². The van der Waals surface area contributed by atoms with E-state index in [9.17, 15) is 9.90 Å². The number of nitrogens with two attached hydrogens (primary N) is 2. The normalized spacial score (nSPS) is 11.3. The van der Waals surface area contributed by atoms with Crippen molar-refractivity contribution in [3.8, 4) is 0 Å². The largest absolute Gasteiger partial charge is 0.478 e. The van der Waals surface area contributed by atoms with E-state index in [1.165, 1.54) is 0 Å². The number of nitrogen functional groups attached to an aromatic ring is 2. The number of para-hydroxylation sites is 1. The second kappa shape index (κ2) is 5.27. The van der Waals surface area contributed by atoms with Crippen LogP contribution in [0.15, 0.2) is 48.5 Å². The lowest BCUT2D eigenvalue weighted by atomic mass is 10.0. The molecule has 0 atom stereocenters. The maximum Gasteiger partial charge on any atom is 0.336 e. The fraction of sp³-hybridized carbons (Fsp3) is 0. The van der Waals surface area contributed by atoms with Crippen LogP contribution in [0.3, 0.4) is 0 Å². The average Bonchev–Trinajstić information content (AvgIpc) is 2.39. The average molecular weight is 254 g/mol. The van der Waals surface area contributed by atoms with E-state index in [1.54, 1.807) is 48.5 Å². The van der Waals surface area contributed by atoms with Gasteiger partial charge in [-0.05, 0) is 35.4 Å². The number of carbonyl (C=O) groups is 1. The summed E-state index contributed by atoms with van der Waals surface area (Å²) in [5, 5.41) is 9.31. The van der Waals surface area contributed by atoms with Gasteiger partial charge in [0.25, 0.3) is 0 Å². The van der Waals surface area contributed by atoms with Crippen LogP contribution < -0.4 is 11.5 Å². The lowest BCUT2D eigenvalue weighted by Gasteiger charge is -2.05. The molecule has 0 aromatic heterocycles. The molecule has 0 amide bonds. The van der Waals surface area contributed by atoms with Crippen molar-refractivity contribution in [2.24, 2.45) is 0 Å². The van der Waals surface area contributed by atoms with Crippen LogP contribution in [0.4, 0.5) is 11.4 Å². The minimum absolute atomic E-state index is 0.179. The molecule has 0 bridgehead atoms. The number of hydrogen-bond acceptors (Lipinski definition) is 3. The molecule has 0 aliphatic heterocycles. The van der Waals surface area contributed by atoms with Crippen LogP contribution in [-0.4, -0.2) is 11.1 Å². The summed E-state index contributed by atoms with van der Waals surface area (Å²) in [5.41, 5.74) is 14.0. The zero-order chi connectivity index (χ0) is 13.8. The van der Waals surface area contributed by atoms with Crippen LogP contribution >= 0.6 is 0 Å². The Morgan fingerprint density at radius 1 is 1.00 bits per heavy atom. The van der Waals surface area contributed by atoms with Gasteiger partial charge in [-0.2, -0.15) is 0 Å². The summed E-state index contributed by atoms with van der Waals surface area (Å²) in [6.07, 6.45) is 1.56. The summed E-state index contributed by atoms with van der Waals surface area (Å²) < 4.78 is 0. The molecule has 2 rings (SSSR count). The fourth-order valence-corrected chi connectivity index (χ4v) is 1.73. The molecule has 5 N–H and O–H groups in total. The predicted octanol–water partition coefficient (Wildman–Crippen LogP) is 2.48. The van der Waals surface area contributed by atoms with Gasteiger partial charge in [-0.3, -0.25) is 0 Å². The number of carboxylic acids is 1. The van der Waals surface area contributed by atoms with Crippen molar-refractivity contribution < 1.29 is 9.90 Å². The highest BCUT2D eigenvalue weighted by atomic mass is 16.4. The quantitative estimate of drug-likeness (QED) is 0.446. The highest BCUT2D eigenvalue weighted by molar-refractivity contribution is 6.21. The maximum absolute atomic E-state index is 11.4. The Balaban J connectivity index is 2.50. The zero-order valence-electron chi connectivity index (χ0n) is 10.2. The number of anilines is 2. The third-order valence-corrected chi connectivity index (χ3v) is 2.75. The Morgan fingerprint density at radius 2 is 1.63 bits per heavy atom. The summed E-state index contributed by atoms with van der Waals surface area (Å²) in [5.74, 6) is -1.01. The Morgan fingerprint density at radius 3 is 2.21 bits per heavy atom. The zero-order valence-corrected chi connectivity index (χ0v) is 10.2. The number of aliphatic carboxylic acids is 1. The van der Waals surface area contributed by atoms with Crippen LogP contribution in [-0.2, 0) is 4.79 Å². The Labute approximate surface area is 111 Å². The van der Waals surface area contributed by atoms with E-state index in [2.05, 4.69) is 0 Å². The molecule has 19 heavy (non-hydrogen) atoms. The molecular formula is C15H14N2O2. The van der Waals surface area contributed by atoms with Gasteiger partial charge in [0.2, 0.25) is 0 Å². The Bertz CT molecular complexity index is 631. The summed E-state index contributed by atoms with van der Waals surface area (Å²) in [4.78, 5) is 11.4. The van der Waals surface area contributed by atoms with Crippen molar-refractivity contribution in [2.45, 2.75) is 0 Å². The monoisotopic (exact) mass is 254 g/mol. The molecule has 96 valence electrons. The van der Waals surface area contributed by atoms with Gasteiger partial charge < -0.3 is 16.6 Å². The number of carboxylic acid groups (broad SMARTS) is 1. The molecule has 4 heteroatoms. The van der Waals surface area contributed by atoms with E-state index in [4.69, 9.17) is 11.5 Å². The van der Waals surface area contributed by atoms with Crippen LogP contribution in [0.2, 0.25) is 0 Å². The first-order chi connectivity index (χ1) is 9.08. The minimum atomic E-state index is -1.01. The highest BCUT2D eigenvalue weighted by Crippen LogP contribution is 2.22. The highest BCUT2D eigenvalue weighted by Gasteiger charge is 2.10. The minimum Gasteiger partial charge on any atom is -0.478 e. The molecule has 0 radical (unpaired) electrons. The topological polar surface area (TPSA) is 89.3 Å². The molecule has 0 fully saturated rings. The van der Waals surface area contributed by atoms with Crippen molar-refractivity contribution in [2.75, 3.05) is 11.5 Å². The van der Waals surface area contributed by atoms with E-state index in [1.807, 2.05) is 6.07 Å². The van der Waals surface area contributed by atoms with Crippen molar-refractivity contribution in [3.05, 3.63) is 59.7 Å². The molecule has 4 nitrogen and oxygen atoms in total. The first-order valence-corrected chi connectivity index (χ1v) is 5.73. The summed E-state index contributed by atoms with van der Waals surface area (Å²) in [6, 6.07) is 13.8. The van der Waals surface area contributed by atoms with E-state index in [0.717, 1.165) is 0 Å². The Hall–Kier alpha value is -2.75. The van der Waals surface area contributed by atoms with Crippen molar-refractivity contribution in [1.29, 1.82) is 0 Å². The predicted molar refractivity (Wildman–Crippen MR) is 77.2 cm³/mol. The van der Waals surface area contributed by atoms with Crippen molar-refractivity contribution in [1.82, 2.24) is 0 Å². The first kappa shape index (κ1) is 12.7. The molecule has 2 aromatic carbocycles. The van der Waals surface area contributed by atoms with Crippen LogP contribution in [0, 0.1) is 0 Å². The molecule has 0 heterocycles. The molecule has 0 spiro atoms. The van der Waals surface area contributed by atoms with Gasteiger partial charge in [-0.25, -0.2) is 4.79 Å². The first-order valence-electron chi connectivity index (χ1n) is 5.73. The van der Waals surface area contributed by atoms with Gasteiger partial charge in [-0.1, -0.05) is 30.3 Å². The molecular weight excluding hydrogens is 240 g/mol. The molecule has 0 aliphatic rings. The molecule has 0 saturated carbocycles. The van der Waals surface area contributed by atoms with Gasteiger partial charge in [0.05, 0.1) is 5.57 Å². The number of rotatable bonds is 3. The second-order valence-corrected chi connectivity index (χ2v) is 4.11. The summed E-state index contributed by atoms with van der Waals surface area (Å²) in [7, 11) is 0. The van der Waals surface area contributed by atoms with Crippen LogP contribution in [0.25, 0.3) is 11.6 Å². The van der Waals surface area contributed by atoms with Gasteiger partial charge in [0, 0.05) is 11.4 Å². The van der Waals surface area contributed by atoms with Gasteiger partial charge >= 0.3 is 5.97 Å². The van der Waals surface area contributed by atoms with E-state index in [0.29, 0.717) is 22.5 Å². The number of hydrogen-bond donors (Lipinski definition) is 3. The third kappa shape index (κ3) is 2.93. The molecule has 0 aliphatic carbocycles. The number of benzene rings is 2. The van der Waals surface area contributed by atoms with Crippen molar-refractivity contribution in [3.63, 3.8) is 0 Å². The second-order valence-electron chi connectivity index (χ2n) is 4.11. The lowest BCUT2D eigenvalue weighted by Crippen LogP contribution is -2.00. The van der Waals surface area contributed by atoms with Gasteiger partial charge in [0.15, 0.2) is 0 Å². The SMILES string of the molecule is Nc1ccc(/C(=C\c2ccccc2N)C(=O)O)cc1. The molecule has 0 unspecified atom stereocenters. The van der Waals surface area contributed by atoms with E-state index < -0.39 is 5.97 Å². The maximum atomic E-state index is 11.4.